The number of halogens is 1. The average molecular weight is 494 g/mol. The van der Waals surface area contributed by atoms with Gasteiger partial charge in [-0.25, -0.2) is 9.37 Å². The Morgan fingerprint density at radius 1 is 1.25 bits per heavy atom. The van der Waals surface area contributed by atoms with Gasteiger partial charge < -0.3 is 25.6 Å². The minimum absolute atomic E-state index is 0.0860. The van der Waals surface area contributed by atoms with E-state index in [1.165, 1.54) is 12.1 Å². The van der Waals surface area contributed by atoms with E-state index < -0.39 is 11.4 Å². The van der Waals surface area contributed by atoms with E-state index in [0.29, 0.717) is 23.2 Å². The van der Waals surface area contributed by atoms with Crippen molar-refractivity contribution in [3.63, 3.8) is 0 Å². The number of hydrogen-bond donors (Lipinski definition) is 3. The number of aromatic nitrogens is 3. The molecule has 1 aromatic carbocycles. The molecule has 4 N–H and O–H groups in total. The van der Waals surface area contributed by atoms with E-state index in [0.717, 1.165) is 67.3 Å². The predicted molar refractivity (Wildman–Crippen MR) is 137 cm³/mol. The molecule has 36 heavy (non-hydrogen) atoms. The van der Waals surface area contributed by atoms with Crippen LogP contribution < -0.4 is 15.9 Å². The number of hydrogen-bond acceptors (Lipinski definition) is 8. The van der Waals surface area contributed by atoms with Crippen LogP contribution in [0.3, 0.4) is 0 Å². The fourth-order valence-corrected chi connectivity index (χ4v) is 4.64. The summed E-state index contributed by atoms with van der Waals surface area (Å²) in [6.45, 7) is 5.32. The van der Waals surface area contributed by atoms with Gasteiger partial charge in [0.1, 0.15) is 35.0 Å². The van der Waals surface area contributed by atoms with Crippen LogP contribution in [0.5, 0.6) is 5.75 Å². The molecule has 3 heterocycles. The van der Waals surface area contributed by atoms with Crippen LogP contribution in [-0.2, 0) is 5.60 Å². The first-order valence-electron chi connectivity index (χ1n) is 12.4. The molecule has 5 rings (SSSR count). The van der Waals surface area contributed by atoms with Gasteiger partial charge in [0, 0.05) is 11.6 Å². The van der Waals surface area contributed by atoms with Gasteiger partial charge in [-0.1, -0.05) is 0 Å². The van der Waals surface area contributed by atoms with Crippen LogP contribution in [0.2, 0.25) is 0 Å². The Morgan fingerprint density at radius 3 is 2.69 bits per heavy atom. The van der Waals surface area contributed by atoms with Gasteiger partial charge in [0.2, 0.25) is 0 Å². The topological polar surface area (TPSA) is 123 Å². The molecule has 9 nitrogen and oxygen atoms in total. The summed E-state index contributed by atoms with van der Waals surface area (Å²) in [5, 5.41) is 18.5. The molecular weight excluding hydrogens is 461 g/mol. The molecule has 0 radical (unpaired) electrons. The van der Waals surface area contributed by atoms with E-state index in [1.807, 2.05) is 25.4 Å². The van der Waals surface area contributed by atoms with Crippen LogP contribution in [0.15, 0.2) is 46.9 Å². The Kier molecular flexibility index (Phi) is 6.72. The Labute approximate surface area is 209 Å². The number of ether oxygens (including phenoxy) is 1. The average Bonchev–Trinajstić information content (AvgIpc) is 3.62. The molecule has 190 valence electrons. The first-order chi connectivity index (χ1) is 17.4. The fraction of sp³-hybridized carbons (Fsp3) is 0.462. The number of nitrogens with zero attached hydrogens (tertiary/aromatic N) is 5. The molecule has 2 fully saturated rings. The van der Waals surface area contributed by atoms with Crippen molar-refractivity contribution < 1.29 is 14.2 Å². The maximum atomic E-state index is 13.3. The van der Waals surface area contributed by atoms with Gasteiger partial charge in [-0.3, -0.25) is 9.98 Å². The Hall–Kier alpha value is -3.37. The second-order valence-corrected chi connectivity index (χ2v) is 9.82. The summed E-state index contributed by atoms with van der Waals surface area (Å²) in [4.78, 5) is 13.5. The van der Waals surface area contributed by atoms with Gasteiger partial charge in [-0.05, 0) is 76.9 Å². The Balaban J connectivity index is 1.48. The van der Waals surface area contributed by atoms with Gasteiger partial charge in [-0.15, -0.1) is 0 Å². The van der Waals surface area contributed by atoms with Crippen LogP contribution in [0.25, 0.3) is 11.0 Å². The van der Waals surface area contributed by atoms with Gasteiger partial charge in [0.15, 0.2) is 0 Å². The lowest BCUT2D eigenvalue weighted by Crippen LogP contribution is -2.31. The standard InChI is InChI=1S/C26H32FN7O2/c1-16(32-19-7-9-29-10-8-19)24(33-28)17-11-21-25(34(15-31-21)20-4-5-20)22(12-17)36-14-26(2,35)23-6-3-18(27)13-30-23/h3,6,11-13,15,19-20,29,35H,4-5,7-10,14,28H2,1-2H3/b32-16?,33-24+. The lowest BCUT2D eigenvalue weighted by Gasteiger charge is -2.24. The highest BCUT2D eigenvalue weighted by Gasteiger charge is 2.30. The predicted octanol–water partition coefficient (Wildman–Crippen LogP) is 3.07. The highest BCUT2D eigenvalue weighted by Crippen LogP contribution is 2.40. The van der Waals surface area contributed by atoms with Gasteiger partial charge in [0.05, 0.1) is 35.5 Å². The molecule has 1 saturated heterocycles. The van der Waals surface area contributed by atoms with Crippen LogP contribution in [0.1, 0.15) is 56.8 Å². The number of piperidine rings is 1. The summed E-state index contributed by atoms with van der Waals surface area (Å²) >= 11 is 0. The summed E-state index contributed by atoms with van der Waals surface area (Å²) in [6.07, 6.45) is 7.03. The number of nitrogens with two attached hydrogens (primary N) is 1. The molecule has 3 aromatic rings. The molecule has 2 aromatic heterocycles. The van der Waals surface area contributed by atoms with E-state index in [4.69, 9.17) is 15.6 Å². The molecule has 1 saturated carbocycles. The third-order valence-electron chi connectivity index (χ3n) is 6.79. The monoisotopic (exact) mass is 493 g/mol. The zero-order valence-corrected chi connectivity index (χ0v) is 20.6. The summed E-state index contributed by atoms with van der Waals surface area (Å²) < 4.78 is 21.7. The number of nitrogens with one attached hydrogen (secondary N) is 1. The number of benzene rings is 1. The molecule has 1 aliphatic heterocycles. The molecule has 0 bridgehead atoms. The number of aliphatic imine (C=N–C) groups is 1. The largest absolute Gasteiger partial charge is 0.488 e. The maximum Gasteiger partial charge on any atom is 0.146 e. The number of imidazole rings is 1. The molecule has 1 unspecified atom stereocenters. The first kappa shape index (κ1) is 24.3. The smallest absolute Gasteiger partial charge is 0.146 e. The first-order valence-corrected chi connectivity index (χ1v) is 12.4. The zero-order chi connectivity index (χ0) is 25.3. The highest BCUT2D eigenvalue weighted by atomic mass is 19.1. The van der Waals surface area contributed by atoms with Crippen molar-refractivity contribution in [2.24, 2.45) is 15.9 Å². The number of pyridine rings is 1. The van der Waals surface area contributed by atoms with E-state index >= 15 is 0 Å². The Morgan fingerprint density at radius 2 is 2.03 bits per heavy atom. The fourth-order valence-electron chi connectivity index (χ4n) is 4.64. The lowest BCUT2D eigenvalue weighted by molar-refractivity contribution is 0.00420. The normalized spacial score (nSPS) is 19.4. The number of aliphatic hydroxyl groups is 1. The SMILES string of the molecule is CC(=NC1CCNCC1)/C(=N\N)c1cc(OCC(C)(O)c2ccc(F)cn2)c2c(c1)ncn2C1CC1. The van der Waals surface area contributed by atoms with Crippen molar-refractivity contribution in [3.05, 3.63) is 53.9 Å². The van der Waals surface area contributed by atoms with Crippen LogP contribution in [0.4, 0.5) is 4.39 Å². The van der Waals surface area contributed by atoms with Gasteiger partial charge in [-0.2, -0.15) is 5.10 Å². The van der Waals surface area contributed by atoms with E-state index in [1.54, 1.807) is 6.92 Å². The van der Waals surface area contributed by atoms with Crippen LogP contribution in [-0.4, -0.2) is 56.8 Å². The van der Waals surface area contributed by atoms with Crippen molar-refractivity contribution >= 4 is 22.5 Å². The minimum atomic E-state index is -1.43. The summed E-state index contributed by atoms with van der Waals surface area (Å²) in [5.74, 6) is 5.95. The molecule has 0 amide bonds. The molecule has 1 aliphatic carbocycles. The Bertz CT molecular complexity index is 1290. The third kappa shape index (κ3) is 5.10. The second kappa shape index (κ2) is 9.94. The van der Waals surface area contributed by atoms with Gasteiger partial charge in [0.25, 0.3) is 0 Å². The molecular formula is C26H32FN7O2. The number of rotatable bonds is 8. The number of fused-ring (bicyclic) bond motifs is 1. The molecule has 2 aliphatic rings. The number of hydrazone groups is 1. The molecule has 1 atom stereocenters. The van der Waals surface area contributed by atoms with E-state index in [9.17, 15) is 9.50 Å². The van der Waals surface area contributed by atoms with Crippen molar-refractivity contribution in [2.75, 3.05) is 19.7 Å². The quantitative estimate of drug-likeness (QED) is 0.252. The summed E-state index contributed by atoms with van der Waals surface area (Å²) in [6, 6.07) is 7.17. The van der Waals surface area contributed by atoms with Crippen molar-refractivity contribution in [2.45, 2.75) is 57.2 Å². The van der Waals surface area contributed by atoms with Crippen molar-refractivity contribution in [3.8, 4) is 5.75 Å². The van der Waals surface area contributed by atoms with E-state index in [-0.39, 0.29) is 12.6 Å². The maximum absolute atomic E-state index is 13.3. The summed E-state index contributed by atoms with van der Waals surface area (Å²) in [7, 11) is 0. The van der Waals surface area contributed by atoms with Crippen LogP contribution >= 0.6 is 0 Å². The molecule has 10 heteroatoms. The lowest BCUT2D eigenvalue weighted by atomic mass is 10.0. The van der Waals surface area contributed by atoms with Crippen molar-refractivity contribution in [1.29, 1.82) is 0 Å². The van der Waals surface area contributed by atoms with Gasteiger partial charge >= 0.3 is 0 Å². The van der Waals surface area contributed by atoms with Crippen LogP contribution in [0, 0.1) is 5.82 Å². The van der Waals surface area contributed by atoms with Crippen molar-refractivity contribution in [1.82, 2.24) is 19.9 Å². The zero-order valence-electron chi connectivity index (χ0n) is 20.6. The summed E-state index contributed by atoms with van der Waals surface area (Å²) in [5.41, 5.74) is 2.58. The molecule has 0 spiro atoms. The highest BCUT2D eigenvalue weighted by molar-refractivity contribution is 6.47. The third-order valence-corrected chi connectivity index (χ3v) is 6.79. The minimum Gasteiger partial charge on any atom is -0.488 e. The van der Waals surface area contributed by atoms with E-state index in [2.05, 4.69) is 25.0 Å². The second-order valence-electron chi connectivity index (χ2n) is 9.82.